The number of aryl methyl sites for hydroxylation is 2. The van der Waals surface area contributed by atoms with E-state index in [0.717, 1.165) is 36.1 Å². The Bertz CT molecular complexity index is 762. The van der Waals surface area contributed by atoms with E-state index in [1.54, 1.807) is 7.11 Å². The van der Waals surface area contributed by atoms with Crippen LogP contribution in [-0.4, -0.2) is 24.0 Å². The van der Waals surface area contributed by atoms with Crippen molar-refractivity contribution in [1.29, 1.82) is 0 Å². The Labute approximate surface area is 149 Å². The number of hydrogen-bond acceptors (Lipinski definition) is 2. The standard InChI is InChI=1S/C22H25NO2/c1-25-21-11-6-16(7-12-21)15-23(20-9-10-20)22(24)14-17-5-8-18-3-2-4-19(18)13-17/h5-8,11-13,20H,2-4,9-10,14-15H2,1H3. The molecule has 0 unspecified atom stereocenters. The maximum atomic E-state index is 12.9. The molecule has 0 spiro atoms. The van der Waals surface area contributed by atoms with E-state index in [9.17, 15) is 4.79 Å². The number of methoxy groups -OCH3 is 1. The third-order valence-corrected chi connectivity index (χ3v) is 5.34. The Hall–Kier alpha value is -2.29. The van der Waals surface area contributed by atoms with Crippen molar-refractivity contribution in [2.24, 2.45) is 0 Å². The van der Waals surface area contributed by atoms with Gasteiger partial charge in [0.25, 0.3) is 0 Å². The number of rotatable bonds is 6. The van der Waals surface area contributed by atoms with Crippen molar-refractivity contribution >= 4 is 5.91 Å². The van der Waals surface area contributed by atoms with E-state index in [1.807, 2.05) is 12.1 Å². The van der Waals surface area contributed by atoms with E-state index >= 15 is 0 Å². The minimum Gasteiger partial charge on any atom is -0.497 e. The Kier molecular flexibility index (Phi) is 4.48. The van der Waals surface area contributed by atoms with Gasteiger partial charge in [0, 0.05) is 12.6 Å². The monoisotopic (exact) mass is 335 g/mol. The summed E-state index contributed by atoms with van der Waals surface area (Å²) in [6, 6.07) is 15.1. The minimum atomic E-state index is 0.247. The van der Waals surface area contributed by atoms with Gasteiger partial charge in [-0.25, -0.2) is 0 Å². The maximum Gasteiger partial charge on any atom is 0.227 e. The largest absolute Gasteiger partial charge is 0.497 e. The molecular weight excluding hydrogens is 310 g/mol. The molecule has 0 saturated heterocycles. The SMILES string of the molecule is COc1ccc(CN(C(=O)Cc2ccc3c(c2)CCC3)C2CC2)cc1. The fraction of sp³-hybridized carbons (Fsp3) is 0.409. The molecule has 2 aliphatic carbocycles. The zero-order valence-corrected chi connectivity index (χ0v) is 14.8. The number of fused-ring (bicyclic) bond motifs is 1. The molecule has 1 fully saturated rings. The molecule has 0 aromatic heterocycles. The van der Waals surface area contributed by atoms with Gasteiger partial charge in [0.15, 0.2) is 0 Å². The van der Waals surface area contributed by atoms with Crippen molar-refractivity contribution in [3.63, 3.8) is 0 Å². The van der Waals surface area contributed by atoms with Crippen LogP contribution in [0.15, 0.2) is 42.5 Å². The fourth-order valence-corrected chi connectivity index (χ4v) is 3.75. The minimum absolute atomic E-state index is 0.247. The zero-order valence-electron chi connectivity index (χ0n) is 14.8. The van der Waals surface area contributed by atoms with E-state index < -0.39 is 0 Å². The van der Waals surface area contributed by atoms with Crippen molar-refractivity contribution in [2.75, 3.05) is 7.11 Å². The molecule has 0 bridgehead atoms. The Morgan fingerprint density at radius 2 is 1.76 bits per heavy atom. The molecule has 0 aliphatic heterocycles. The van der Waals surface area contributed by atoms with Gasteiger partial charge in [0.05, 0.1) is 13.5 Å². The van der Waals surface area contributed by atoms with Crippen LogP contribution < -0.4 is 4.74 Å². The van der Waals surface area contributed by atoms with Gasteiger partial charge in [-0.05, 0) is 66.5 Å². The van der Waals surface area contributed by atoms with Crippen LogP contribution in [0.1, 0.15) is 41.5 Å². The third-order valence-electron chi connectivity index (χ3n) is 5.34. The summed E-state index contributed by atoms with van der Waals surface area (Å²) in [6.07, 6.45) is 6.38. The topological polar surface area (TPSA) is 29.5 Å². The van der Waals surface area contributed by atoms with E-state index in [4.69, 9.17) is 4.74 Å². The molecule has 0 atom stereocenters. The Balaban J connectivity index is 1.45. The van der Waals surface area contributed by atoms with E-state index in [0.29, 0.717) is 19.0 Å². The molecule has 2 aliphatic rings. The number of ether oxygens (including phenoxy) is 1. The first-order valence-corrected chi connectivity index (χ1v) is 9.26. The number of carbonyl (C=O) groups excluding carboxylic acids is 1. The molecule has 3 heteroatoms. The van der Waals surface area contributed by atoms with E-state index in [2.05, 4.69) is 35.2 Å². The summed E-state index contributed by atoms with van der Waals surface area (Å²) >= 11 is 0. The van der Waals surface area contributed by atoms with Gasteiger partial charge < -0.3 is 9.64 Å². The summed E-state index contributed by atoms with van der Waals surface area (Å²) in [6.45, 7) is 0.693. The lowest BCUT2D eigenvalue weighted by Crippen LogP contribution is -2.33. The van der Waals surface area contributed by atoms with Crippen LogP contribution in [0.4, 0.5) is 0 Å². The molecule has 130 valence electrons. The lowest BCUT2D eigenvalue weighted by molar-refractivity contribution is -0.131. The maximum absolute atomic E-state index is 12.9. The highest BCUT2D eigenvalue weighted by atomic mass is 16.5. The summed E-state index contributed by atoms with van der Waals surface area (Å²) < 4.78 is 5.22. The Morgan fingerprint density at radius 3 is 2.48 bits per heavy atom. The highest BCUT2D eigenvalue weighted by Gasteiger charge is 2.32. The van der Waals surface area contributed by atoms with Crippen LogP contribution in [0.2, 0.25) is 0 Å². The normalized spacial score (nSPS) is 15.7. The second kappa shape index (κ2) is 6.91. The van der Waals surface area contributed by atoms with E-state index in [-0.39, 0.29) is 5.91 Å². The third kappa shape index (κ3) is 3.71. The first-order valence-electron chi connectivity index (χ1n) is 9.26. The van der Waals surface area contributed by atoms with Crippen molar-refractivity contribution in [2.45, 2.75) is 51.1 Å². The van der Waals surface area contributed by atoms with Crippen molar-refractivity contribution in [1.82, 2.24) is 4.90 Å². The number of carbonyl (C=O) groups is 1. The van der Waals surface area contributed by atoms with Gasteiger partial charge in [-0.3, -0.25) is 4.79 Å². The molecular formula is C22H25NO2. The Morgan fingerprint density at radius 1 is 1.04 bits per heavy atom. The van der Waals surface area contributed by atoms with Crippen molar-refractivity contribution in [3.05, 3.63) is 64.7 Å². The first kappa shape index (κ1) is 16.2. The lowest BCUT2D eigenvalue weighted by Gasteiger charge is -2.23. The quantitative estimate of drug-likeness (QED) is 0.801. The molecule has 3 nitrogen and oxygen atoms in total. The molecule has 2 aromatic rings. The van der Waals surface area contributed by atoms with Gasteiger partial charge in [0.2, 0.25) is 5.91 Å². The number of benzene rings is 2. The van der Waals surface area contributed by atoms with Gasteiger partial charge in [-0.15, -0.1) is 0 Å². The predicted octanol–water partition coefficient (Wildman–Crippen LogP) is 3.92. The van der Waals surface area contributed by atoms with Gasteiger partial charge in [-0.1, -0.05) is 30.3 Å². The smallest absolute Gasteiger partial charge is 0.227 e. The van der Waals surface area contributed by atoms with Crippen LogP contribution in [0.3, 0.4) is 0 Å². The van der Waals surface area contributed by atoms with Crippen LogP contribution in [0.5, 0.6) is 5.75 Å². The second-order valence-electron chi connectivity index (χ2n) is 7.23. The molecule has 0 heterocycles. The summed E-state index contributed by atoms with van der Waals surface area (Å²) in [7, 11) is 1.67. The average molecular weight is 335 g/mol. The number of hydrogen-bond donors (Lipinski definition) is 0. The molecule has 0 radical (unpaired) electrons. The average Bonchev–Trinajstić information content (AvgIpc) is 3.37. The number of nitrogens with zero attached hydrogens (tertiary/aromatic N) is 1. The predicted molar refractivity (Wildman–Crippen MR) is 98.7 cm³/mol. The zero-order chi connectivity index (χ0) is 17.2. The molecule has 2 aromatic carbocycles. The van der Waals surface area contributed by atoms with Gasteiger partial charge in [-0.2, -0.15) is 0 Å². The van der Waals surface area contributed by atoms with E-state index in [1.165, 1.54) is 24.0 Å². The highest BCUT2D eigenvalue weighted by Crippen LogP contribution is 2.30. The summed E-state index contributed by atoms with van der Waals surface area (Å²) in [5, 5.41) is 0. The molecule has 4 rings (SSSR count). The van der Waals surface area contributed by atoms with Crippen LogP contribution >= 0.6 is 0 Å². The molecule has 1 saturated carbocycles. The van der Waals surface area contributed by atoms with Crippen molar-refractivity contribution in [3.8, 4) is 5.75 Å². The summed E-state index contributed by atoms with van der Waals surface area (Å²) in [4.78, 5) is 15.0. The van der Waals surface area contributed by atoms with Crippen LogP contribution in [0.25, 0.3) is 0 Å². The van der Waals surface area contributed by atoms with Crippen LogP contribution in [-0.2, 0) is 30.6 Å². The van der Waals surface area contributed by atoms with Gasteiger partial charge in [0.1, 0.15) is 5.75 Å². The van der Waals surface area contributed by atoms with Crippen molar-refractivity contribution < 1.29 is 9.53 Å². The fourth-order valence-electron chi connectivity index (χ4n) is 3.75. The summed E-state index contributed by atoms with van der Waals surface area (Å²) in [5.41, 5.74) is 5.23. The lowest BCUT2D eigenvalue weighted by atomic mass is 10.0. The molecule has 1 amide bonds. The molecule has 25 heavy (non-hydrogen) atoms. The highest BCUT2D eigenvalue weighted by molar-refractivity contribution is 5.79. The summed E-state index contributed by atoms with van der Waals surface area (Å²) in [5.74, 6) is 1.10. The van der Waals surface area contributed by atoms with Crippen LogP contribution in [0, 0.1) is 0 Å². The molecule has 0 N–H and O–H groups in total. The second-order valence-corrected chi connectivity index (χ2v) is 7.23. The van der Waals surface area contributed by atoms with Gasteiger partial charge >= 0.3 is 0 Å². The number of amides is 1. The first-order chi connectivity index (χ1) is 12.2.